The fourth-order valence-corrected chi connectivity index (χ4v) is 4.31. The summed E-state index contributed by atoms with van der Waals surface area (Å²) < 4.78 is 6.22. The molecule has 3 aliphatic heterocycles. The van der Waals surface area contributed by atoms with Gasteiger partial charge in [-0.15, -0.1) is 24.8 Å². The number of piperidine rings is 1. The van der Waals surface area contributed by atoms with Gasteiger partial charge in [0.1, 0.15) is 0 Å². The van der Waals surface area contributed by atoms with Crippen molar-refractivity contribution in [2.75, 3.05) is 26.2 Å². The van der Waals surface area contributed by atoms with Crippen LogP contribution in [-0.2, 0) is 17.7 Å². The van der Waals surface area contributed by atoms with E-state index in [0.29, 0.717) is 6.04 Å². The number of halogens is 2. The van der Waals surface area contributed by atoms with Gasteiger partial charge in [0, 0.05) is 43.4 Å². The fraction of sp³-hybridized carbons (Fsp3) is 0.812. The average molecular weight is 363 g/mol. The third-order valence-electron chi connectivity index (χ3n) is 5.65. The molecule has 1 atom stereocenters. The molecule has 3 aliphatic rings. The molecule has 1 aromatic heterocycles. The first kappa shape index (κ1) is 19.0. The van der Waals surface area contributed by atoms with Crippen LogP contribution in [0.1, 0.15) is 42.6 Å². The molecule has 4 heterocycles. The van der Waals surface area contributed by atoms with Crippen molar-refractivity contribution < 1.29 is 4.74 Å². The van der Waals surface area contributed by atoms with Gasteiger partial charge in [0.25, 0.3) is 0 Å². The second-order valence-corrected chi connectivity index (χ2v) is 6.92. The second kappa shape index (κ2) is 7.70. The maximum absolute atomic E-state index is 6.22. The Morgan fingerprint density at radius 3 is 2.83 bits per heavy atom. The van der Waals surface area contributed by atoms with Gasteiger partial charge >= 0.3 is 0 Å². The lowest BCUT2D eigenvalue weighted by Crippen LogP contribution is -2.53. The molecule has 23 heavy (non-hydrogen) atoms. The summed E-state index contributed by atoms with van der Waals surface area (Å²) in [7, 11) is 0. The van der Waals surface area contributed by atoms with Crippen LogP contribution in [0.25, 0.3) is 0 Å². The molecule has 2 N–H and O–H groups in total. The Hall–Kier alpha value is -0.330. The van der Waals surface area contributed by atoms with Crippen molar-refractivity contribution in [1.29, 1.82) is 0 Å². The zero-order valence-electron chi connectivity index (χ0n) is 13.8. The number of fused-ring (bicyclic) bond motifs is 1. The molecule has 2 fully saturated rings. The van der Waals surface area contributed by atoms with Gasteiger partial charge in [-0.2, -0.15) is 5.10 Å². The van der Waals surface area contributed by atoms with E-state index in [1.807, 2.05) is 0 Å². The average Bonchev–Trinajstić information content (AvgIpc) is 2.89. The normalized spacial score (nSPS) is 26.9. The van der Waals surface area contributed by atoms with Crippen LogP contribution in [0.4, 0.5) is 0 Å². The standard InChI is InChI=1S/C16H26N4O.2ClH/c1-12-14-11-20(8-2-15(14)19-18-12)13-3-9-21-16(10-13)4-6-17-7-5-16;;/h13,17H,2-11H2,1H3,(H,18,19);2*1H. The summed E-state index contributed by atoms with van der Waals surface area (Å²) in [5.74, 6) is 0. The molecule has 0 aromatic carbocycles. The number of hydrogen-bond acceptors (Lipinski definition) is 4. The first-order chi connectivity index (χ1) is 10.3. The summed E-state index contributed by atoms with van der Waals surface area (Å²) in [6, 6.07) is 0.680. The summed E-state index contributed by atoms with van der Waals surface area (Å²) in [5, 5.41) is 11.0. The van der Waals surface area contributed by atoms with Crippen LogP contribution in [0, 0.1) is 6.92 Å². The highest BCUT2D eigenvalue weighted by atomic mass is 35.5. The zero-order chi connectivity index (χ0) is 14.3. The van der Waals surface area contributed by atoms with Gasteiger partial charge in [0.15, 0.2) is 0 Å². The number of hydrogen-bond donors (Lipinski definition) is 2. The number of rotatable bonds is 1. The van der Waals surface area contributed by atoms with Gasteiger partial charge in [-0.3, -0.25) is 10.00 Å². The van der Waals surface area contributed by atoms with Crippen LogP contribution in [0.2, 0.25) is 0 Å². The van der Waals surface area contributed by atoms with E-state index in [2.05, 4.69) is 27.3 Å². The summed E-state index contributed by atoms with van der Waals surface area (Å²) in [6.07, 6.45) is 5.83. The SMILES string of the molecule is Cc1[nH]nc2c1CN(C1CCOC3(CCNCC3)C1)CC2.Cl.Cl. The van der Waals surface area contributed by atoms with E-state index in [4.69, 9.17) is 4.74 Å². The van der Waals surface area contributed by atoms with Crippen LogP contribution in [0.5, 0.6) is 0 Å². The molecule has 4 rings (SSSR count). The molecule has 0 radical (unpaired) electrons. The molecule has 7 heteroatoms. The minimum absolute atomic E-state index is 0. The van der Waals surface area contributed by atoms with Gasteiger partial charge in [0.2, 0.25) is 0 Å². The molecular formula is C16H28Cl2N4O. The number of aryl methyl sites for hydroxylation is 1. The monoisotopic (exact) mass is 362 g/mol. The van der Waals surface area contributed by atoms with E-state index in [0.717, 1.165) is 39.2 Å². The third kappa shape index (κ3) is 3.69. The van der Waals surface area contributed by atoms with Crippen molar-refractivity contribution in [3.8, 4) is 0 Å². The van der Waals surface area contributed by atoms with Gasteiger partial charge in [-0.1, -0.05) is 0 Å². The Morgan fingerprint density at radius 1 is 1.26 bits per heavy atom. The predicted octanol–water partition coefficient (Wildman–Crippen LogP) is 2.22. The molecule has 0 bridgehead atoms. The van der Waals surface area contributed by atoms with Crippen molar-refractivity contribution in [2.45, 2.75) is 57.2 Å². The minimum Gasteiger partial charge on any atom is -0.375 e. The third-order valence-corrected chi connectivity index (χ3v) is 5.65. The summed E-state index contributed by atoms with van der Waals surface area (Å²) in [4.78, 5) is 2.68. The van der Waals surface area contributed by atoms with E-state index < -0.39 is 0 Å². The number of aromatic nitrogens is 2. The molecular weight excluding hydrogens is 335 g/mol. The smallest absolute Gasteiger partial charge is 0.0721 e. The maximum Gasteiger partial charge on any atom is 0.0721 e. The molecule has 1 aromatic rings. The molecule has 1 spiro atoms. The zero-order valence-corrected chi connectivity index (χ0v) is 15.4. The highest BCUT2D eigenvalue weighted by Gasteiger charge is 2.41. The largest absolute Gasteiger partial charge is 0.375 e. The summed E-state index contributed by atoms with van der Waals surface area (Å²) >= 11 is 0. The maximum atomic E-state index is 6.22. The van der Waals surface area contributed by atoms with Crippen LogP contribution in [0.3, 0.4) is 0 Å². The van der Waals surface area contributed by atoms with Crippen LogP contribution >= 0.6 is 24.8 Å². The Labute approximate surface area is 150 Å². The molecule has 5 nitrogen and oxygen atoms in total. The second-order valence-electron chi connectivity index (χ2n) is 6.92. The van der Waals surface area contributed by atoms with E-state index in [1.165, 1.54) is 42.6 Å². The van der Waals surface area contributed by atoms with Gasteiger partial charge in [-0.25, -0.2) is 0 Å². The highest BCUT2D eigenvalue weighted by Crippen LogP contribution is 2.36. The Balaban J connectivity index is 0.000000960. The van der Waals surface area contributed by atoms with Crippen molar-refractivity contribution in [3.63, 3.8) is 0 Å². The van der Waals surface area contributed by atoms with E-state index in [9.17, 15) is 0 Å². The molecule has 0 saturated carbocycles. The van der Waals surface area contributed by atoms with Crippen LogP contribution < -0.4 is 5.32 Å². The first-order valence-electron chi connectivity index (χ1n) is 8.37. The van der Waals surface area contributed by atoms with Crippen molar-refractivity contribution >= 4 is 24.8 Å². The molecule has 2 saturated heterocycles. The predicted molar refractivity (Wildman–Crippen MR) is 95.7 cm³/mol. The minimum atomic E-state index is 0. The summed E-state index contributed by atoms with van der Waals surface area (Å²) in [5.41, 5.74) is 4.12. The van der Waals surface area contributed by atoms with Crippen molar-refractivity contribution in [2.24, 2.45) is 0 Å². The number of nitrogens with one attached hydrogen (secondary N) is 2. The van der Waals surface area contributed by atoms with Gasteiger partial charge in [-0.05, 0) is 45.7 Å². The van der Waals surface area contributed by atoms with Gasteiger partial charge in [0.05, 0.1) is 11.3 Å². The van der Waals surface area contributed by atoms with Crippen LogP contribution in [0.15, 0.2) is 0 Å². The lowest BCUT2D eigenvalue weighted by Gasteiger charge is -2.47. The Morgan fingerprint density at radius 2 is 2.04 bits per heavy atom. The van der Waals surface area contributed by atoms with E-state index in [-0.39, 0.29) is 30.4 Å². The van der Waals surface area contributed by atoms with Crippen molar-refractivity contribution in [3.05, 3.63) is 17.0 Å². The van der Waals surface area contributed by atoms with E-state index in [1.54, 1.807) is 0 Å². The number of ether oxygens (including phenoxy) is 1. The quantitative estimate of drug-likeness (QED) is 0.804. The first-order valence-corrected chi connectivity index (χ1v) is 8.37. The number of aromatic amines is 1. The molecule has 132 valence electrons. The number of H-pyrrole nitrogens is 1. The lowest BCUT2D eigenvalue weighted by molar-refractivity contribution is -0.122. The Bertz CT molecular complexity index is 511. The lowest BCUT2D eigenvalue weighted by atomic mass is 9.82. The Kier molecular flexibility index (Phi) is 6.36. The molecule has 1 unspecified atom stereocenters. The molecule has 0 aliphatic carbocycles. The van der Waals surface area contributed by atoms with Crippen molar-refractivity contribution in [1.82, 2.24) is 20.4 Å². The van der Waals surface area contributed by atoms with Crippen LogP contribution in [-0.4, -0.2) is 53.0 Å². The molecule has 0 amide bonds. The highest BCUT2D eigenvalue weighted by molar-refractivity contribution is 5.85. The fourth-order valence-electron chi connectivity index (χ4n) is 4.31. The van der Waals surface area contributed by atoms with E-state index >= 15 is 0 Å². The number of nitrogens with zero attached hydrogens (tertiary/aromatic N) is 2. The van der Waals surface area contributed by atoms with Gasteiger partial charge < -0.3 is 10.1 Å². The summed E-state index contributed by atoms with van der Waals surface area (Å²) in [6.45, 7) is 7.51. The topological polar surface area (TPSA) is 53.2 Å².